The highest BCUT2D eigenvalue weighted by Gasteiger charge is 2.20. The smallest absolute Gasteiger partial charge is 0.211 e. The predicted octanol–water partition coefficient (Wildman–Crippen LogP) is 2.23. The van der Waals surface area contributed by atoms with E-state index in [-0.39, 0.29) is 5.75 Å². The number of nitrogens with one attached hydrogen (secondary N) is 1. The molecule has 21 heavy (non-hydrogen) atoms. The molecular weight excluding hydrogens is 284 g/mol. The van der Waals surface area contributed by atoms with Gasteiger partial charge in [-0.1, -0.05) is 37.3 Å². The Labute approximate surface area is 128 Å². The fraction of sp³-hybridized carbons (Fsp3) is 0.625. The Morgan fingerprint density at radius 3 is 2.48 bits per heavy atom. The molecular formula is C16H26N2O2S. The van der Waals surface area contributed by atoms with Gasteiger partial charge in [0.15, 0.2) is 0 Å². The van der Waals surface area contributed by atoms with Crippen LogP contribution >= 0.6 is 0 Å². The van der Waals surface area contributed by atoms with E-state index in [9.17, 15) is 8.42 Å². The Kier molecular flexibility index (Phi) is 6.21. The third-order valence-corrected chi connectivity index (χ3v) is 5.57. The molecule has 0 saturated carbocycles. The maximum atomic E-state index is 11.7. The lowest BCUT2D eigenvalue weighted by Crippen LogP contribution is -2.38. The van der Waals surface area contributed by atoms with Crippen LogP contribution in [0.2, 0.25) is 0 Å². The third-order valence-electron chi connectivity index (χ3n) is 4.02. The van der Waals surface area contributed by atoms with Crippen LogP contribution in [0.4, 0.5) is 0 Å². The summed E-state index contributed by atoms with van der Waals surface area (Å²) >= 11 is 0. The molecule has 4 nitrogen and oxygen atoms in total. The van der Waals surface area contributed by atoms with Crippen molar-refractivity contribution in [2.24, 2.45) is 5.92 Å². The predicted molar refractivity (Wildman–Crippen MR) is 86.5 cm³/mol. The number of rotatable bonds is 7. The van der Waals surface area contributed by atoms with Crippen LogP contribution in [0.1, 0.15) is 31.7 Å². The van der Waals surface area contributed by atoms with Crippen LogP contribution < -0.4 is 4.72 Å². The van der Waals surface area contributed by atoms with Gasteiger partial charge in [0.2, 0.25) is 10.0 Å². The van der Waals surface area contributed by atoms with Crippen molar-refractivity contribution in [3.63, 3.8) is 0 Å². The summed E-state index contributed by atoms with van der Waals surface area (Å²) in [5.74, 6) is 0.712. The normalized spacial score (nSPS) is 18.0. The minimum atomic E-state index is -3.06. The van der Waals surface area contributed by atoms with Crippen molar-refractivity contribution in [3.05, 3.63) is 35.9 Å². The monoisotopic (exact) mass is 310 g/mol. The minimum Gasteiger partial charge on any atom is -0.299 e. The van der Waals surface area contributed by atoms with Gasteiger partial charge < -0.3 is 0 Å². The van der Waals surface area contributed by atoms with Crippen molar-refractivity contribution in [1.29, 1.82) is 0 Å². The van der Waals surface area contributed by atoms with Crippen molar-refractivity contribution in [1.82, 2.24) is 9.62 Å². The van der Waals surface area contributed by atoms with Gasteiger partial charge in [0.1, 0.15) is 0 Å². The lowest BCUT2D eigenvalue weighted by molar-refractivity contribution is 0.178. The molecule has 0 amide bonds. The highest BCUT2D eigenvalue weighted by atomic mass is 32.2. The standard InChI is InChI=1S/C16H26N2O2S/c1-2-12-21(19,20)17-13-15-8-10-18(11-9-15)14-16-6-4-3-5-7-16/h3-7,15,17H,2,8-14H2,1H3. The summed E-state index contributed by atoms with van der Waals surface area (Å²) < 4.78 is 26.1. The summed E-state index contributed by atoms with van der Waals surface area (Å²) in [5.41, 5.74) is 1.35. The zero-order chi connectivity index (χ0) is 15.1. The Morgan fingerprint density at radius 1 is 1.19 bits per heavy atom. The van der Waals surface area contributed by atoms with Crippen LogP contribution in [-0.4, -0.2) is 38.7 Å². The maximum Gasteiger partial charge on any atom is 0.211 e. The van der Waals surface area contributed by atoms with Crippen LogP contribution in [0.15, 0.2) is 30.3 Å². The summed E-state index contributed by atoms with van der Waals surface area (Å²) in [6.07, 6.45) is 2.81. The first kappa shape index (κ1) is 16.5. The van der Waals surface area contributed by atoms with Gasteiger partial charge >= 0.3 is 0 Å². The van der Waals surface area contributed by atoms with Gasteiger partial charge in [-0.05, 0) is 43.8 Å². The topological polar surface area (TPSA) is 49.4 Å². The summed E-state index contributed by atoms with van der Waals surface area (Å²) in [5, 5.41) is 0. The Bertz CT molecular complexity index is 508. The fourth-order valence-corrected chi connectivity index (χ4v) is 3.95. The van der Waals surface area contributed by atoms with Gasteiger partial charge in [0.25, 0.3) is 0 Å². The molecule has 1 fully saturated rings. The first-order valence-corrected chi connectivity index (χ1v) is 9.48. The van der Waals surface area contributed by atoms with Crippen LogP contribution in [0.5, 0.6) is 0 Å². The second-order valence-electron chi connectivity index (χ2n) is 5.87. The second kappa shape index (κ2) is 7.92. The molecule has 0 bridgehead atoms. The van der Waals surface area contributed by atoms with Crippen LogP contribution in [-0.2, 0) is 16.6 Å². The van der Waals surface area contributed by atoms with E-state index < -0.39 is 10.0 Å². The van der Waals surface area contributed by atoms with E-state index in [2.05, 4.69) is 33.9 Å². The van der Waals surface area contributed by atoms with E-state index in [0.717, 1.165) is 32.5 Å². The quantitative estimate of drug-likeness (QED) is 0.840. The highest BCUT2D eigenvalue weighted by molar-refractivity contribution is 7.89. The molecule has 0 atom stereocenters. The van der Waals surface area contributed by atoms with Crippen molar-refractivity contribution in [2.75, 3.05) is 25.4 Å². The molecule has 118 valence electrons. The molecule has 1 N–H and O–H groups in total. The second-order valence-corrected chi connectivity index (χ2v) is 7.80. The molecule has 1 aliphatic rings. The van der Waals surface area contributed by atoms with E-state index in [0.29, 0.717) is 18.9 Å². The van der Waals surface area contributed by atoms with Crippen molar-refractivity contribution in [2.45, 2.75) is 32.7 Å². The molecule has 0 spiro atoms. The van der Waals surface area contributed by atoms with Crippen LogP contribution in [0, 0.1) is 5.92 Å². The number of nitrogens with zero attached hydrogens (tertiary/aromatic N) is 1. The molecule has 0 radical (unpaired) electrons. The molecule has 1 heterocycles. The molecule has 1 aromatic rings. The average molecular weight is 310 g/mol. The zero-order valence-electron chi connectivity index (χ0n) is 12.8. The molecule has 0 aromatic heterocycles. The maximum absolute atomic E-state index is 11.7. The first-order valence-electron chi connectivity index (χ1n) is 7.82. The lowest BCUT2D eigenvalue weighted by atomic mass is 9.97. The van der Waals surface area contributed by atoms with E-state index in [4.69, 9.17) is 0 Å². The van der Waals surface area contributed by atoms with Gasteiger partial charge in [-0.2, -0.15) is 0 Å². The van der Waals surface area contributed by atoms with Gasteiger partial charge in [-0.25, -0.2) is 13.1 Å². The van der Waals surface area contributed by atoms with E-state index in [1.807, 2.05) is 13.0 Å². The average Bonchev–Trinajstić information content (AvgIpc) is 2.48. The summed E-state index contributed by atoms with van der Waals surface area (Å²) in [6.45, 7) is 5.59. The van der Waals surface area contributed by atoms with E-state index in [1.54, 1.807) is 0 Å². The SMILES string of the molecule is CCCS(=O)(=O)NCC1CCN(Cc2ccccc2)CC1. The number of sulfonamides is 1. The lowest BCUT2D eigenvalue weighted by Gasteiger charge is -2.32. The van der Waals surface area contributed by atoms with Gasteiger partial charge in [-0.15, -0.1) is 0 Å². The molecule has 1 saturated heterocycles. The Balaban J connectivity index is 1.71. The molecule has 2 rings (SSSR count). The number of likely N-dealkylation sites (tertiary alicyclic amines) is 1. The molecule has 0 unspecified atom stereocenters. The molecule has 1 aliphatic heterocycles. The number of hydrogen-bond acceptors (Lipinski definition) is 3. The largest absolute Gasteiger partial charge is 0.299 e. The third kappa shape index (κ3) is 5.77. The zero-order valence-corrected chi connectivity index (χ0v) is 13.6. The first-order chi connectivity index (χ1) is 10.1. The van der Waals surface area contributed by atoms with Crippen molar-refractivity contribution < 1.29 is 8.42 Å². The van der Waals surface area contributed by atoms with Crippen molar-refractivity contribution in [3.8, 4) is 0 Å². The summed E-state index contributed by atoms with van der Waals surface area (Å²) in [7, 11) is -3.06. The molecule has 5 heteroatoms. The molecule has 0 aliphatic carbocycles. The van der Waals surface area contributed by atoms with E-state index in [1.165, 1.54) is 5.56 Å². The highest BCUT2D eigenvalue weighted by Crippen LogP contribution is 2.18. The Morgan fingerprint density at radius 2 is 1.86 bits per heavy atom. The minimum absolute atomic E-state index is 0.236. The fourth-order valence-electron chi connectivity index (χ4n) is 2.78. The number of benzene rings is 1. The number of piperidine rings is 1. The van der Waals surface area contributed by atoms with Gasteiger partial charge in [0.05, 0.1) is 5.75 Å². The van der Waals surface area contributed by atoms with E-state index >= 15 is 0 Å². The summed E-state index contributed by atoms with van der Waals surface area (Å²) in [4.78, 5) is 2.45. The Hall–Kier alpha value is -0.910. The summed E-state index contributed by atoms with van der Waals surface area (Å²) in [6, 6.07) is 10.5. The van der Waals surface area contributed by atoms with Gasteiger partial charge in [0, 0.05) is 13.1 Å². The van der Waals surface area contributed by atoms with Crippen LogP contribution in [0.25, 0.3) is 0 Å². The molecule has 1 aromatic carbocycles. The van der Waals surface area contributed by atoms with Crippen molar-refractivity contribution >= 4 is 10.0 Å². The van der Waals surface area contributed by atoms with Crippen LogP contribution in [0.3, 0.4) is 0 Å². The van der Waals surface area contributed by atoms with Gasteiger partial charge in [-0.3, -0.25) is 4.90 Å². The number of hydrogen-bond donors (Lipinski definition) is 1.